The minimum atomic E-state index is 0.650. The fourth-order valence-electron chi connectivity index (χ4n) is 2.69. The summed E-state index contributed by atoms with van der Waals surface area (Å²) in [6.45, 7) is 2.08. The van der Waals surface area contributed by atoms with Gasteiger partial charge in [-0.1, -0.05) is 43.3 Å². The Morgan fingerprint density at radius 1 is 0.800 bits per heavy atom. The molecule has 0 heterocycles. The van der Waals surface area contributed by atoms with Crippen LogP contribution in [-0.4, -0.2) is 0 Å². The van der Waals surface area contributed by atoms with Gasteiger partial charge in [0.1, 0.15) is 12.1 Å². The van der Waals surface area contributed by atoms with Crippen LogP contribution in [0.1, 0.15) is 23.6 Å². The van der Waals surface area contributed by atoms with Gasteiger partial charge in [0.25, 0.3) is 0 Å². The molecule has 0 unspecified atom stereocenters. The van der Waals surface area contributed by atoms with Crippen LogP contribution < -0.4 is 0 Å². The SMILES string of the molecule is CCc1ccc2c(C#N)c3ccccc3c(C#N)c2c1. The Labute approximate surface area is 117 Å². The number of benzene rings is 3. The zero-order valence-electron chi connectivity index (χ0n) is 11.1. The minimum absolute atomic E-state index is 0.650. The molecule has 0 N–H and O–H groups in total. The van der Waals surface area contributed by atoms with Crippen molar-refractivity contribution >= 4 is 21.5 Å². The topological polar surface area (TPSA) is 47.6 Å². The largest absolute Gasteiger partial charge is 0.192 e. The Kier molecular flexibility index (Phi) is 2.86. The summed E-state index contributed by atoms with van der Waals surface area (Å²) in [6, 6.07) is 18.2. The molecule has 20 heavy (non-hydrogen) atoms. The summed E-state index contributed by atoms with van der Waals surface area (Å²) in [7, 11) is 0. The van der Waals surface area contributed by atoms with Gasteiger partial charge in [-0.25, -0.2) is 0 Å². The monoisotopic (exact) mass is 256 g/mol. The summed E-state index contributed by atoms with van der Waals surface area (Å²) < 4.78 is 0. The first-order valence-corrected chi connectivity index (χ1v) is 6.57. The molecular formula is C18H12N2. The van der Waals surface area contributed by atoms with Gasteiger partial charge in [0.05, 0.1) is 11.1 Å². The van der Waals surface area contributed by atoms with E-state index < -0.39 is 0 Å². The maximum atomic E-state index is 9.53. The Morgan fingerprint density at radius 3 is 1.90 bits per heavy atom. The lowest BCUT2D eigenvalue weighted by Crippen LogP contribution is -1.91. The molecule has 0 aliphatic heterocycles. The third-order valence-electron chi connectivity index (χ3n) is 3.72. The van der Waals surface area contributed by atoms with Crippen molar-refractivity contribution in [2.45, 2.75) is 13.3 Å². The number of hydrogen-bond donors (Lipinski definition) is 0. The molecule has 0 saturated heterocycles. The van der Waals surface area contributed by atoms with Gasteiger partial charge >= 0.3 is 0 Å². The summed E-state index contributed by atoms with van der Waals surface area (Å²) >= 11 is 0. The van der Waals surface area contributed by atoms with Gasteiger partial charge in [-0.3, -0.25) is 0 Å². The third-order valence-corrected chi connectivity index (χ3v) is 3.72. The summed E-state index contributed by atoms with van der Waals surface area (Å²) in [4.78, 5) is 0. The normalized spacial score (nSPS) is 10.3. The molecule has 0 saturated carbocycles. The van der Waals surface area contributed by atoms with Gasteiger partial charge in [0.15, 0.2) is 0 Å². The molecule has 0 amide bonds. The zero-order chi connectivity index (χ0) is 14.1. The highest BCUT2D eigenvalue weighted by molar-refractivity contribution is 6.09. The number of fused-ring (bicyclic) bond motifs is 2. The summed E-state index contributed by atoms with van der Waals surface area (Å²) in [5, 5.41) is 22.5. The molecule has 3 aromatic carbocycles. The summed E-state index contributed by atoms with van der Waals surface area (Å²) in [5.74, 6) is 0. The number of nitrogens with zero attached hydrogens (tertiary/aromatic N) is 2. The van der Waals surface area contributed by atoms with Crippen LogP contribution in [0.25, 0.3) is 21.5 Å². The second-order valence-corrected chi connectivity index (χ2v) is 4.75. The molecule has 3 rings (SSSR count). The quantitative estimate of drug-likeness (QED) is 0.609. The van der Waals surface area contributed by atoms with Crippen molar-refractivity contribution in [3.05, 3.63) is 59.2 Å². The maximum Gasteiger partial charge on any atom is 0.100 e. The van der Waals surface area contributed by atoms with E-state index in [-0.39, 0.29) is 0 Å². The van der Waals surface area contributed by atoms with Crippen LogP contribution in [0, 0.1) is 22.7 Å². The van der Waals surface area contributed by atoms with E-state index in [4.69, 9.17) is 0 Å². The van der Waals surface area contributed by atoms with Crippen LogP contribution in [0.4, 0.5) is 0 Å². The van der Waals surface area contributed by atoms with E-state index in [1.807, 2.05) is 42.5 Å². The lowest BCUT2D eigenvalue weighted by molar-refractivity contribution is 1.15. The van der Waals surface area contributed by atoms with Crippen LogP contribution in [0.15, 0.2) is 42.5 Å². The van der Waals surface area contributed by atoms with E-state index in [1.54, 1.807) is 0 Å². The van der Waals surface area contributed by atoms with Crippen LogP contribution in [0.2, 0.25) is 0 Å². The molecule has 94 valence electrons. The fourth-order valence-corrected chi connectivity index (χ4v) is 2.69. The standard InChI is InChI=1S/C18H12N2/c1-2-12-7-8-15-16(9-12)18(11-20)14-6-4-3-5-13(14)17(15)10-19/h3-9H,2H2,1H3. The van der Waals surface area contributed by atoms with Gasteiger partial charge in [0, 0.05) is 21.5 Å². The number of hydrogen-bond acceptors (Lipinski definition) is 2. The van der Waals surface area contributed by atoms with Crippen molar-refractivity contribution in [1.82, 2.24) is 0 Å². The second-order valence-electron chi connectivity index (χ2n) is 4.75. The van der Waals surface area contributed by atoms with Crippen LogP contribution >= 0.6 is 0 Å². The fraction of sp³-hybridized carbons (Fsp3) is 0.111. The second kappa shape index (κ2) is 4.68. The molecule has 0 spiro atoms. The van der Waals surface area contributed by atoms with Gasteiger partial charge in [-0.05, 0) is 18.1 Å². The number of aryl methyl sites for hydroxylation is 1. The molecule has 0 fully saturated rings. The van der Waals surface area contributed by atoms with E-state index in [1.165, 1.54) is 5.56 Å². The molecular weight excluding hydrogens is 244 g/mol. The molecule has 0 bridgehead atoms. The summed E-state index contributed by atoms with van der Waals surface area (Å²) in [6.07, 6.45) is 0.912. The number of nitriles is 2. The van der Waals surface area contributed by atoms with Crippen molar-refractivity contribution in [1.29, 1.82) is 10.5 Å². The Bertz CT molecular complexity index is 908. The van der Waals surface area contributed by atoms with Gasteiger partial charge in [-0.2, -0.15) is 10.5 Å². The predicted octanol–water partition coefficient (Wildman–Crippen LogP) is 4.30. The van der Waals surface area contributed by atoms with E-state index in [0.29, 0.717) is 11.1 Å². The first-order valence-electron chi connectivity index (χ1n) is 6.57. The molecule has 2 nitrogen and oxygen atoms in total. The third kappa shape index (κ3) is 1.63. The Hall–Kier alpha value is -2.84. The van der Waals surface area contributed by atoms with Crippen molar-refractivity contribution in [2.75, 3.05) is 0 Å². The smallest absolute Gasteiger partial charge is 0.100 e. The molecule has 0 aromatic heterocycles. The van der Waals surface area contributed by atoms with Gasteiger partial charge in [0.2, 0.25) is 0 Å². The zero-order valence-corrected chi connectivity index (χ0v) is 11.1. The average molecular weight is 256 g/mol. The van der Waals surface area contributed by atoms with E-state index in [9.17, 15) is 10.5 Å². The molecule has 0 atom stereocenters. The molecule has 2 heteroatoms. The van der Waals surface area contributed by atoms with Crippen molar-refractivity contribution in [3.63, 3.8) is 0 Å². The maximum absolute atomic E-state index is 9.53. The first-order chi connectivity index (χ1) is 9.80. The minimum Gasteiger partial charge on any atom is -0.192 e. The van der Waals surface area contributed by atoms with Crippen molar-refractivity contribution < 1.29 is 0 Å². The lowest BCUT2D eigenvalue weighted by atomic mass is 9.91. The van der Waals surface area contributed by atoms with Crippen LogP contribution in [0.5, 0.6) is 0 Å². The molecule has 0 aliphatic carbocycles. The molecule has 0 radical (unpaired) electrons. The van der Waals surface area contributed by atoms with Gasteiger partial charge in [-0.15, -0.1) is 0 Å². The Morgan fingerprint density at radius 2 is 1.35 bits per heavy atom. The molecule has 3 aromatic rings. The lowest BCUT2D eigenvalue weighted by Gasteiger charge is -2.10. The van der Waals surface area contributed by atoms with Crippen molar-refractivity contribution in [2.24, 2.45) is 0 Å². The summed E-state index contributed by atoms with van der Waals surface area (Å²) in [5.41, 5.74) is 2.48. The first kappa shape index (κ1) is 12.2. The van der Waals surface area contributed by atoms with Crippen LogP contribution in [0.3, 0.4) is 0 Å². The average Bonchev–Trinajstić information content (AvgIpc) is 2.51. The highest BCUT2D eigenvalue weighted by Gasteiger charge is 2.13. The highest BCUT2D eigenvalue weighted by atomic mass is 14.3. The van der Waals surface area contributed by atoms with E-state index in [0.717, 1.165) is 28.0 Å². The predicted molar refractivity (Wildman–Crippen MR) is 80.3 cm³/mol. The number of rotatable bonds is 1. The highest BCUT2D eigenvalue weighted by Crippen LogP contribution is 2.32. The van der Waals surface area contributed by atoms with Gasteiger partial charge < -0.3 is 0 Å². The van der Waals surface area contributed by atoms with E-state index in [2.05, 4.69) is 19.1 Å². The molecule has 0 aliphatic rings. The van der Waals surface area contributed by atoms with Crippen molar-refractivity contribution in [3.8, 4) is 12.1 Å². The van der Waals surface area contributed by atoms with Crippen LogP contribution in [-0.2, 0) is 6.42 Å². The Balaban J connectivity index is 2.63. The van der Waals surface area contributed by atoms with E-state index >= 15 is 0 Å².